The van der Waals surface area contributed by atoms with Gasteiger partial charge in [0.15, 0.2) is 17.0 Å². The van der Waals surface area contributed by atoms with Gasteiger partial charge in [0, 0.05) is 12.1 Å². The van der Waals surface area contributed by atoms with Crippen LogP contribution in [0.4, 0.5) is 17.5 Å². The molecule has 3 unspecified atom stereocenters. The Hall–Kier alpha value is -4.05. The Balaban J connectivity index is 1.38. The van der Waals surface area contributed by atoms with Gasteiger partial charge in [0.2, 0.25) is 5.95 Å². The molecule has 6 aromatic rings. The number of aliphatic hydroxyl groups excluding tert-OH is 2. The minimum absolute atomic E-state index is 0.254. The molecule has 1 saturated heterocycles. The number of nitrogens with two attached hydrogens (primary N) is 1. The maximum absolute atomic E-state index is 10.3. The number of hydrogen-bond acceptors (Lipinski definition) is 8. The first-order valence-electron chi connectivity index (χ1n) is 11.5. The number of anilines is 3. The molecule has 9 nitrogen and oxygen atoms in total. The summed E-state index contributed by atoms with van der Waals surface area (Å²) in [5, 5.41) is 30.5. The van der Waals surface area contributed by atoms with Crippen molar-refractivity contribution in [3.63, 3.8) is 0 Å². The predicted molar refractivity (Wildman–Crippen MR) is 135 cm³/mol. The van der Waals surface area contributed by atoms with E-state index in [2.05, 4.69) is 74.9 Å². The van der Waals surface area contributed by atoms with Crippen molar-refractivity contribution in [1.29, 1.82) is 0 Å². The van der Waals surface area contributed by atoms with E-state index >= 15 is 0 Å². The van der Waals surface area contributed by atoms with Gasteiger partial charge in [-0.05, 0) is 44.5 Å². The first-order valence-corrected chi connectivity index (χ1v) is 11.5. The monoisotopic (exact) mass is 466 g/mol. The molecule has 1 aliphatic rings. The summed E-state index contributed by atoms with van der Waals surface area (Å²) in [6, 6.07) is 19.1. The average Bonchev–Trinajstić information content (AvgIpc) is 3.42. The van der Waals surface area contributed by atoms with Gasteiger partial charge in [-0.1, -0.05) is 42.5 Å². The highest BCUT2D eigenvalue weighted by Crippen LogP contribution is 2.39. The summed E-state index contributed by atoms with van der Waals surface area (Å²) in [5.74, 6) is 0.723. The van der Waals surface area contributed by atoms with Gasteiger partial charge in [-0.3, -0.25) is 4.57 Å². The Labute approximate surface area is 199 Å². The largest absolute Gasteiger partial charge is 0.394 e. The zero-order chi connectivity index (χ0) is 23.7. The van der Waals surface area contributed by atoms with Crippen LogP contribution >= 0.6 is 0 Å². The van der Waals surface area contributed by atoms with E-state index in [4.69, 9.17) is 10.5 Å². The van der Waals surface area contributed by atoms with Crippen LogP contribution in [-0.4, -0.2) is 48.5 Å². The highest BCUT2D eigenvalue weighted by molar-refractivity contribution is 6.23. The zero-order valence-corrected chi connectivity index (χ0v) is 18.6. The van der Waals surface area contributed by atoms with E-state index < -0.39 is 18.4 Å². The number of aromatic nitrogens is 4. The molecule has 35 heavy (non-hydrogen) atoms. The molecule has 174 valence electrons. The van der Waals surface area contributed by atoms with E-state index in [0.29, 0.717) is 17.1 Å². The van der Waals surface area contributed by atoms with Crippen LogP contribution < -0.4 is 11.1 Å². The van der Waals surface area contributed by atoms with Crippen molar-refractivity contribution < 1.29 is 14.9 Å². The molecular formula is C26H22N6O3. The summed E-state index contributed by atoms with van der Waals surface area (Å²) in [7, 11) is 0. The molecule has 4 aromatic carbocycles. The van der Waals surface area contributed by atoms with Gasteiger partial charge in [0.1, 0.15) is 18.7 Å². The molecule has 0 radical (unpaired) electrons. The second-order valence-corrected chi connectivity index (χ2v) is 8.98. The van der Waals surface area contributed by atoms with E-state index in [-0.39, 0.29) is 18.8 Å². The van der Waals surface area contributed by atoms with E-state index in [1.54, 1.807) is 4.57 Å². The summed E-state index contributed by atoms with van der Waals surface area (Å²) in [6.45, 7) is -0.277. The third kappa shape index (κ3) is 3.02. The highest BCUT2D eigenvalue weighted by atomic mass is 16.5. The highest BCUT2D eigenvalue weighted by Gasteiger charge is 2.37. The van der Waals surface area contributed by atoms with Gasteiger partial charge >= 0.3 is 0 Å². The van der Waals surface area contributed by atoms with Crippen molar-refractivity contribution in [2.45, 2.75) is 24.9 Å². The summed E-state index contributed by atoms with van der Waals surface area (Å²) in [4.78, 5) is 13.1. The summed E-state index contributed by atoms with van der Waals surface area (Å²) in [6.07, 6.45) is -0.388. The third-order valence-corrected chi connectivity index (χ3v) is 6.90. The fourth-order valence-corrected chi connectivity index (χ4v) is 5.28. The van der Waals surface area contributed by atoms with Crippen molar-refractivity contribution >= 4 is 60.9 Å². The summed E-state index contributed by atoms with van der Waals surface area (Å²) < 4.78 is 7.71. The molecule has 5 N–H and O–H groups in total. The second-order valence-electron chi connectivity index (χ2n) is 8.98. The molecule has 3 heterocycles. The first kappa shape index (κ1) is 20.3. The Morgan fingerprint density at radius 2 is 1.69 bits per heavy atom. The van der Waals surface area contributed by atoms with Crippen molar-refractivity contribution in [1.82, 2.24) is 19.5 Å². The molecule has 2 aromatic heterocycles. The number of aliphatic hydroxyl groups is 2. The molecule has 0 amide bonds. The standard InChI is InChI=1S/C26H22N6O3/c27-24-23-25(29-12-28-24)32(20-10-18(34)19(11-33)35-20)26(31-23)30-17-8-15-6-4-13-2-1-3-14-5-7-16(9-17)22(15)21(13)14/h1-9,12,18-20,33-34H,10-11H2,(H,30,31)(H2,27,28,29). The van der Waals surface area contributed by atoms with Crippen molar-refractivity contribution in [2.75, 3.05) is 17.7 Å². The smallest absolute Gasteiger partial charge is 0.211 e. The van der Waals surface area contributed by atoms with Crippen LogP contribution in [0.5, 0.6) is 0 Å². The lowest BCUT2D eigenvalue weighted by molar-refractivity contribution is -0.0425. The van der Waals surface area contributed by atoms with Gasteiger partial charge in [-0.2, -0.15) is 0 Å². The SMILES string of the molecule is Nc1ncnc2c1nc(Nc1cc3ccc4cccc5ccc(c1)c3c45)n2C1CC(O)C(CO)O1. The normalized spacial score (nSPS) is 20.6. The van der Waals surface area contributed by atoms with Gasteiger partial charge in [-0.15, -0.1) is 0 Å². The molecule has 9 heteroatoms. The molecule has 1 fully saturated rings. The van der Waals surface area contributed by atoms with Crippen molar-refractivity contribution in [2.24, 2.45) is 0 Å². The number of fused-ring (bicyclic) bond motifs is 1. The molecular weight excluding hydrogens is 444 g/mol. The third-order valence-electron chi connectivity index (χ3n) is 6.90. The number of nitrogens with zero attached hydrogens (tertiary/aromatic N) is 4. The molecule has 1 aliphatic heterocycles. The van der Waals surface area contributed by atoms with Crippen LogP contribution in [0.15, 0.2) is 60.9 Å². The number of imidazole rings is 1. The molecule has 3 atom stereocenters. The quantitative estimate of drug-likeness (QED) is 0.289. The number of hydrogen-bond donors (Lipinski definition) is 4. The number of rotatable bonds is 4. The Morgan fingerprint density at radius 1 is 1.00 bits per heavy atom. The average molecular weight is 467 g/mol. The Morgan fingerprint density at radius 3 is 2.37 bits per heavy atom. The predicted octanol–water partition coefficient (Wildman–Crippen LogP) is 3.69. The molecule has 0 bridgehead atoms. The van der Waals surface area contributed by atoms with E-state index in [1.165, 1.54) is 27.9 Å². The minimum atomic E-state index is -0.799. The minimum Gasteiger partial charge on any atom is -0.394 e. The summed E-state index contributed by atoms with van der Waals surface area (Å²) >= 11 is 0. The van der Waals surface area contributed by atoms with Crippen LogP contribution in [-0.2, 0) is 4.74 Å². The van der Waals surface area contributed by atoms with Gasteiger partial charge < -0.3 is 26.0 Å². The molecule has 0 spiro atoms. The summed E-state index contributed by atoms with van der Waals surface area (Å²) in [5.41, 5.74) is 7.88. The lowest BCUT2D eigenvalue weighted by Crippen LogP contribution is -2.24. The molecule has 7 rings (SSSR count). The Kier molecular flexibility index (Phi) is 4.34. The fourth-order valence-electron chi connectivity index (χ4n) is 5.28. The zero-order valence-electron chi connectivity index (χ0n) is 18.6. The van der Waals surface area contributed by atoms with Crippen LogP contribution in [0.1, 0.15) is 12.6 Å². The lowest BCUT2D eigenvalue weighted by atomic mass is 9.94. The second kappa shape index (κ2) is 7.47. The topological polar surface area (TPSA) is 131 Å². The number of nitrogen functional groups attached to an aromatic ring is 1. The van der Waals surface area contributed by atoms with Crippen LogP contribution in [0, 0.1) is 0 Å². The maximum Gasteiger partial charge on any atom is 0.211 e. The van der Waals surface area contributed by atoms with E-state index in [1.807, 2.05) is 0 Å². The lowest BCUT2D eigenvalue weighted by Gasteiger charge is -2.18. The van der Waals surface area contributed by atoms with Gasteiger partial charge in [-0.25, -0.2) is 15.0 Å². The first-order chi connectivity index (χ1) is 17.1. The molecule has 0 aliphatic carbocycles. The number of benzene rings is 4. The number of ether oxygens (including phenoxy) is 1. The maximum atomic E-state index is 10.3. The molecule has 0 saturated carbocycles. The van der Waals surface area contributed by atoms with Crippen molar-refractivity contribution in [3.05, 3.63) is 60.9 Å². The van der Waals surface area contributed by atoms with E-state index in [9.17, 15) is 10.2 Å². The van der Waals surface area contributed by atoms with Gasteiger partial charge in [0.25, 0.3) is 0 Å². The van der Waals surface area contributed by atoms with Gasteiger partial charge in [0.05, 0.1) is 12.7 Å². The van der Waals surface area contributed by atoms with Crippen LogP contribution in [0.3, 0.4) is 0 Å². The fraction of sp³-hybridized carbons (Fsp3) is 0.192. The van der Waals surface area contributed by atoms with Crippen LogP contribution in [0.25, 0.3) is 43.5 Å². The van der Waals surface area contributed by atoms with Crippen molar-refractivity contribution in [3.8, 4) is 0 Å². The van der Waals surface area contributed by atoms with E-state index in [0.717, 1.165) is 16.5 Å². The Bertz CT molecular complexity index is 1670. The number of nitrogens with one attached hydrogen (secondary N) is 1. The van der Waals surface area contributed by atoms with Crippen LogP contribution in [0.2, 0.25) is 0 Å².